The van der Waals surface area contributed by atoms with Gasteiger partial charge in [0.25, 0.3) is 0 Å². The highest BCUT2D eigenvalue weighted by atomic mass is 79.9. The summed E-state index contributed by atoms with van der Waals surface area (Å²) >= 11 is 2.96. The van der Waals surface area contributed by atoms with Crippen LogP contribution in [0.25, 0.3) is 11.3 Å². The lowest BCUT2D eigenvalue weighted by Gasteiger charge is -2.06. The first kappa shape index (κ1) is 11.9. The third-order valence-electron chi connectivity index (χ3n) is 2.18. The molecule has 0 aliphatic carbocycles. The number of aryl methyl sites for hydroxylation is 1. The predicted octanol–water partition coefficient (Wildman–Crippen LogP) is 2.79. The zero-order chi connectivity index (χ0) is 12.6. The van der Waals surface area contributed by atoms with Crippen molar-refractivity contribution in [2.24, 2.45) is 0 Å². The fourth-order valence-electron chi connectivity index (χ4n) is 1.47. The number of hydrogen-bond donors (Lipinski definition) is 1. The molecule has 1 aromatic heterocycles. The van der Waals surface area contributed by atoms with Crippen LogP contribution in [0.2, 0.25) is 0 Å². The van der Waals surface area contributed by atoms with Crippen molar-refractivity contribution >= 4 is 15.9 Å². The highest BCUT2D eigenvalue weighted by molar-refractivity contribution is 9.10. The van der Waals surface area contributed by atoms with Crippen LogP contribution in [0.1, 0.15) is 5.69 Å². The smallest absolute Gasteiger partial charge is 0.310 e. The van der Waals surface area contributed by atoms with Crippen molar-refractivity contribution in [3.05, 3.63) is 50.5 Å². The minimum Gasteiger partial charge on any atom is -0.310 e. The van der Waals surface area contributed by atoms with Crippen LogP contribution in [0.15, 0.2) is 27.5 Å². The van der Waals surface area contributed by atoms with Gasteiger partial charge in [-0.25, -0.2) is 13.6 Å². The summed E-state index contributed by atoms with van der Waals surface area (Å²) in [5.74, 6) is -1.54. The van der Waals surface area contributed by atoms with Crippen molar-refractivity contribution in [2.45, 2.75) is 6.92 Å². The maximum absolute atomic E-state index is 13.8. The number of hydrogen-bond acceptors (Lipinski definition) is 2. The molecule has 1 aromatic carbocycles. The molecule has 0 saturated carbocycles. The van der Waals surface area contributed by atoms with Crippen LogP contribution >= 0.6 is 15.9 Å². The molecule has 2 aromatic rings. The number of benzene rings is 1. The molecule has 0 bridgehead atoms. The quantitative estimate of drug-likeness (QED) is 0.823. The Morgan fingerprint density at radius 2 is 2.06 bits per heavy atom. The van der Waals surface area contributed by atoms with Crippen LogP contribution < -0.4 is 5.69 Å². The first-order valence-corrected chi connectivity index (χ1v) is 5.50. The molecule has 3 nitrogen and oxygen atoms in total. The molecule has 1 N–H and O–H groups in total. The van der Waals surface area contributed by atoms with Gasteiger partial charge in [-0.05, 0) is 41.1 Å². The van der Waals surface area contributed by atoms with E-state index in [4.69, 9.17) is 0 Å². The van der Waals surface area contributed by atoms with E-state index < -0.39 is 17.3 Å². The van der Waals surface area contributed by atoms with Crippen LogP contribution in [-0.2, 0) is 0 Å². The second-order valence-corrected chi connectivity index (χ2v) is 4.33. The van der Waals surface area contributed by atoms with Gasteiger partial charge >= 0.3 is 5.69 Å². The predicted molar refractivity (Wildman–Crippen MR) is 62.6 cm³/mol. The van der Waals surface area contributed by atoms with Crippen molar-refractivity contribution in [3.8, 4) is 11.3 Å². The van der Waals surface area contributed by atoms with E-state index >= 15 is 0 Å². The van der Waals surface area contributed by atoms with E-state index in [0.717, 1.165) is 6.07 Å². The van der Waals surface area contributed by atoms with Gasteiger partial charge in [0, 0.05) is 5.69 Å². The summed E-state index contributed by atoms with van der Waals surface area (Å²) in [4.78, 5) is 17.1. The lowest BCUT2D eigenvalue weighted by molar-refractivity contribution is 0.584. The molecule has 0 spiro atoms. The summed E-state index contributed by atoms with van der Waals surface area (Å²) in [6.45, 7) is 1.61. The van der Waals surface area contributed by atoms with Gasteiger partial charge in [0.1, 0.15) is 11.6 Å². The molecule has 0 aliphatic rings. The third-order valence-corrected chi connectivity index (χ3v) is 2.79. The standard InChI is InChI=1S/C11H7BrF2N2O/c1-5-4-8(16-11(17)15-5)9-7(13)3-2-6(12)10(9)14/h2-4H,1H3,(H,15,16,17). The second kappa shape index (κ2) is 4.37. The molecule has 6 heteroatoms. The van der Waals surface area contributed by atoms with Crippen LogP contribution in [0.5, 0.6) is 0 Å². The van der Waals surface area contributed by atoms with Crippen molar-refractivity contribution in [1.29, 1.82) is 0 Å². The molecule has 88 valence electrons. The molecule has 0 unspecified atom stereocenters. The summed E-state index contributed by atoms with van der Waals surface area (Å²) in [7, 11) is 0. The van der Waals surface area contributed by atoms with E-state index in [0.29, 0.717) is 5.69 Å². The Hall–Kier alpha value is -1.56. The minimum atomic E-state index is -0.775. The fraction of sp³-hybridized carbons (Fsp3) is 0.0909. The fourth-order valence-corrected chi connectivity index (χ4v) is 1.80. The summed E-state index contributed by atoms with van der Waals surface area (Å²) in [6, 6.07) is 3.78. The molecule has 0 aliphatic heterocycles. The Labute approximate surface area is 104 Å². The Balaban J connectivity index is 2.76. The monoisotopic (exact) mass is 300 g/mol. The van der Waals surface area contributed by atoms with E-state index in [2.05, 4.69) is 25.9 Å². The summed E-state index contributed by atoms with van der Waals surface area (Å²) in [5, 5.41) is 0. The molecule has 0 saturated heterocycles. The number of halogens is 3. The number of H-pyrrole nitrogens is 1. The van der Waals surface area contributed by atoms with Gasteiger partial charge in [-0.2, -0.15) is 4.98 Å². The van der Waals surface area contributed by atoms with E-state index in [1.165, 1.54) is 12.1 Å². The van der Waals surface area contributed by atoms with E-state index in [9.17, 15) is 13.6 Å². The average molecular weight is 301 g/mol. The molecule has 0 radical (unpaired) electrons. The average Bonchev–Trinajstić information content (AvgIpc) is 2.23. The van der Waals surface area contributed by atoms with Gasteiger partial charge in [0.15, 0.2) is 0 Å². The summed E-state index contributed by atoms with van der Waals surface area (Å²) in [5.41, 5.74) is -0.492. The lowest BCUT2D eigenvalue weighted by atomic mass is 10.1. The zero-order valence-electron chi connectivity index (χ0n) is 8.72. The Kier molecular flexibility index (Phi) is 3.06. The highest BCUT2D eigenvalue weighted by Crippen LogP contribution is 2.28. The van der Waals surface area contributed by atoms with Crippen molar-refractivity contribution in [1.82, 2.24) is 9.97 Å². The van der Waals surface area contributed by atoms with Gasteiger partial charge in [-0.15, -0.1) is 0 Å². The molecule has 0 amide bonds. The summed E-state index contributed by atoms with van der Waals surface area (Å²) < 4.78 is 27.5. The molecule has 0 atom stereocenters. The van der Waals surface area contributed by atoms with Crippen LogP contribution in [0.4, 0.5) is 8.78 Å². The lowest BCUT2D eigenvalue weighted by Crippen LogP contribution is -2.12. The second-order valence-electron chi connectivity index (χ2n) is 3.47. The summed E-state index contributed by atoms with van der Waals surface area (Å²) in [6.07, 6.45) is 0. The van der Waals surface area contributed by atoms with Gasteiger partial charge < -0.3 is 4.98 Å². The van der Waals surface area contributed by atoms with Crippen molar-refractivity contribution < 1.29 is 8.78 Å². The molecular formula is C11H7BrF2N2O. The number of rotatable bonds is 1. The normalized spacial score (nSPS) is 10.6. The number of aromatic amines is 1. The van der Waals surface area contributed by atoms with Crippen molar-refractivity contribution in [3.63, 3.8) is 0 Å². The number of nitrogens with one attached hydrogen (secondary N) is 1. The topological polar surface area (TPSA) is 45.8 Å². The minimum absolute atomic E-state index is 0.0254. The maximum Gasteiger partial charge on any atom is 0.345 e. The largest absolute Gasteiger partial charge is 0.345 e. The van der Waals surface area contributed by atoms with Gasteiger partial charge in [-0.3, -0.25) is 0 Å². The molecule has 17 heavy (non-hydrogen) atoms. The van der Waals surface area contributed by atoms with E-state index in [1.54, 1.807) is 6.92 Å². The number of nitrogens with zero attached hydrogens (tertiary/aromatic N) is 1. The first-order chi connectivity index (χ1) is 7.99. The van der Waals surface area contributed by atoms with Gasteiger partial charge in [0.05, 0.1) is 15.7 Å². The van der Waals surface area contributed by atoms with Gasteiger partial charge in [0.2, 0.25) is 0 Å². The SMILES string of the molecule is Cc1cc(-c2c(F)ccc(Br)c2F)nc(=O)[nH]1. The van der Waals surface area contributed by atoms with Crippen molar-refractivity contribution in [2.75, 3.05) is 0 Å². The zero-order valence-corrected chi connectivity index (χ0v) is 10.3. The molecule has 2 rings (SSSR count). The molecule has 1 heterocycles. The van der Waals surface area contributed by atoms with Gasteiger partial charge in [-0.1, -0.05) is 0 Å². The maximum atomic E-state index is 13.8. The Morgan fingerprint density at radius 3 is 2.71 bits per heavy atom. The van der Waals surface area contributed by atoms with E-state index in [1.807, 2.05) is 0 Å². The van der Waals surface area contributed by atoms with Crippen LogP contribution in [0, 0.1) is 18.6 Å². The molecular weight excluding hydrogens is 294 g/mol. The Morgan fingerprint density at radius 1 is 1.35 bits per heavy atom. The third kappa shape index (κ3) is 2.26. The number of aromatic nitrogens is 2. The first-order valence-electron chi connectivity index (χ1n) is 4.71. The Bertz CT molecular complexity index is 640. The highest BCUT2D eigenvalue weighted by Gasteiger charge is 2.16. The molecule has 0 fully saturated rings. The van der Waals surface area contributed by atoms with Crippen LogP contribution in [0.3, 0.4) is 0 Å². The van der Waals surface area contributed by atoms with Crippen LogP contribution in [-0.4, -0.2) is 9.97 Å². The van der Waals surface area contributed by atoms with E-state index in [-0.39, 0.29) is 15.7 Å².